The molecule has 0 atom stereocenters. The molecule has 7 nitrogen and oxygen atoms in total. The van der Waals surface area contributed by atoms with Crippen molar-refractivity contribution in [1.82, 2.24) is 9.97 Å². The molecule has 1 heterocycles. The summed E-state index contributed by atoms with van der Waals surface area (Å²) in [6, 6.07) is 12.4. The van der Waals surface area contributed by atoms with Crippen LogP contribution in [-0.2, 0) is 15.3 Å². The number of nitrogens with zero attached hydrogens (tertiary/aromatic N) is 2. The standard InChI is InChI=1S/C21H24FN5O2/c1-3-28-21(29-4-2,16-12-26-20(25)27-19(16)24)15-11-10-14(17(22)18(15)23)13-8-6-5-7-9-13/h5-12H,3-4,23H2,1-2H3,(H4,24,25,26,27). The molecule has 152 valence electrons. The summed E-state index contributed by atoms with van der Waals surface area (Å²) in [5, 5.41) is 0. The van der Waals surface area contributed by atoms with Crippen molar-refractivity contribution < 1.29 is 13.9 Å². The maximum atomic E-state index is 15.3. The van der Waals surface area contributed by atoms with Gasteiger partial charge in [0.1, 0.15) is 5.82 Å². The lowest BCUT2D eigenvalue weighted by atomic mass is 9.93. The second-order valence-corrected chi connectivity index (χ2v) is 6.26. The molecule has 8 heteroatoms. The van der Waals surface area contributed by atoms with E-state index in [1.807, 2.05) is 30.3 Å². The van der Waals surface area contributed by atoms with E-state index in [0.717, 1.165) is 0 Å². The number of hydrogen-bond donors (Lipinski definition) is 3. The Balaban J connectivity index is 2.25. The molecule has 0 aliphatic carbocycles. The lowest BCUT2D eigenvalue weighted by Crippen LogP contribution is -2.37. The highest BCUT2D eigenvalue weighted by atomic mass is 19.1. The van der Waals surface area contributed by atoms with Crippen LogP contribution in [0.15, 0.2) is 48.7 Å². The maximum absolute atomic E-state index is 15.3. The van der Waals surface area contributed by atoms with E-state index in [1.54, 1.807) is 26.0 Å². The second-order valence-electron chi connectivity index (χ2n) is 6.26. The van der Waals surface area contributed by atoms with Gasteiger partial charge in [-0.25, -0.2) is 9.37 Å². The smallest absolute Gasteiger partial charge is 0.229 e. The van der Waals surface area contributed by atoms with Gasteiger partial charge in [-0.1, -0.05) is 42.5 Å². The highest BCUT2D eigenvalue weighted by Gasteiger charge is 2.41. The number of benzene rings is 2. The van der Waals surface area contributed by atoms with Crippen molar-refractivity contribution >= 4 is 17.5 Å². The van der Waals surface area contributed by atoms with Gasteiger partial charge < -0.3 is 26.7 Å². The molecule has 0 unspecified atom stereocenters. The number of anilines is 3. The third kappa shape index (κ3) is 3.72. The normalized spacial score (nSPS) is 11.6. The number of ether oxygens (including phenoxy) is 2. The van der Waals surface area contributed by atoms with Gasteiger partial charge in [-0.15, -0.1) is 0 Å². The topological polar surface area (TPSA) is 122 Å². The average molecular weight is 397 g/mol. The van der Waals surface area contributed by atoms with E-state index in [1.165, 1.54) is 6.20 Å². The van der Waals surface area contributed by atoms with Crippen molar-refractivity contribution in [2.75, 3.05) is 30.4 Å². The molecule has 0 aliphatic rings. The lowest BCUT2D eigenvalue weighted by Gasteiger charge is -2.35. The van der Waals surface area contributed by atoms with Crippen LogP contribution in [0.4, 0.5) is 21.8 Å². The molecule has 0 saturated carbocycles. The Kier molecular flexibility index (Phi) is 5.95. The van der Waals surface area contributed by atoms with Gasteiger partial charge in [0.25, 0.3) is 0 Å². The zero-order chi connectivity index (χ0) is 21.0. The fourth-order valence-corrected chi connectivity index (χ4v) is 3.29. The molecule has 0 radical (unpaired) electrons. The molecular formula is C21H24FN5O2. The molecule has 29 heavy (non-hydrogen) atoms. The molecule has 0 aliphatic heterocycles. The van der Waals surface area contributed by atoms with Crippen LogP contribution < -0.4 is 17.2 Å². The largest absolute Gasteiger partial charge is 0.396 e. The summed E-state index contributed by atoms with van der Waals surface area (Å²) < 4.78 is 27.3. The van der Waals surface area contributed by atoms with Gasteiger partial charge in [-0.2, -0.15) is 4.98 Å². The van der Waals surface area contributed by atoms with Crippen molar-refractivity contribution in [3.05, 3.63) is 65.6 Å². The lowest BCUT2D eigenvalue weighted by molar-refractivity contribution is -0.212. The number of halogens is 1. The van der Waals surface area contributed by atoms with Gasteiger partial charge in [0, 0.05) is 30.5 Å². The number of hydrogen-bond acceptors (Lipinski definition) is 7. The van der Waals surface area contributed by atoms with Crippen molar-refractivity contribution in [2.24, 2.45) is 0 Å². The fourth-order valence-electron chi connectivity index (χ4n) is 3.29. The Morgan fingerprint density at radius 1 is 0.931 bits per heavy atom. The van der Waals surface area contributed by atoms with Gasteiger partial charge in [-0.3, -0.25) is 0 Å². The second kappa shape index (κ2) is 8.42. The third-order valence-electron chi connectivity index (χ3n) is 4.51. The summed E-state index contributed by atoms with van der Waals surface area (Å²) in [5.41, 5.74) is 19.5. The summed E-state index contributed by atoms with van der Waals surface area (Å²) in [7, 11) is 0. The molecule has 6 N–H and O–H groups in total. The van der Waals surface area contributed by atoms with Crippen LogP contribution in [0.3, 0.4) is 0 Å². The van der Waals surface area contributed by atoms with Crippen molar-refractivity contribution in [3.63, 3.8) is 0 Å². The Labute approximate surface area is 168 Å². The molecule has 0 bridgehead atoms. The van der Waals surface area contributed by atoms with Gasteiger partial charge in [0.05, 0.1) is 11.3 Å². The monoisotopic (exact) mass is 397 g/mol. The summed E-state index contributed by atoms with van der Waals surface area (Å²) in [4.78, 5) is 8.00. The predicted molar refractivity (Wildman–Crippen MR) is 111 cm³/mol. The van der Waals surface area contributed by atoms with Crippen LogP contribution in [0.25, 0.3) is 11.1 Å². The first kappa shape index (κ1) is 20.5. The average Bonchev–Trinajstić information content (AvgIpc) is 2.70. The van der Waals surface area contributed by atoms with E-state index >= 15 is 4.39 Å². The molecular weight excluding hydrogens is 373 g/mol. The highest BCUT2D eigenvalue weighted by Crippen LogP contribution is 2.42. The molecule has 3 rings (SSSR count). The van der Waals surface area contributed by atoms with Crippen LogP contribution in [0.1, 0.15) is 25.0 Å². The molecule has 2 aromatic carbocycles. The van der Waals surface area contributed by atoms with E-state index in [4.69, 9.17) is 26.7 Å². The van der Waals surface area contributed by atoms with Gasteiger partial charge in [0.15, 0.2) is 5.82 Å². The summed E-state index contributed by atoms with van der Waals surface area (Å²) >= 11 is 0. The van der Waals surface area contributed by atoms with Gasteiger partial charge in [-0.05, 0) is 19.4 Å². The van der Waals surface area contributed by atoms with E-state index in [-0.39, 0.29) is 36.2 Å². The zero-order valence-electron chi connectivity index (χ0n) is 16.4. The first-order valence-corrected chi connectivity index (χ1v) is 9.24. The number of aromatic nitrogens is 2. The van der Waals surface area contributed by atoms with Crippen LogP contribution in [-0.4, -0.2) is 23.2 Å². The number of nitrogens with two attached hydrogens (primary N) is 3. The number of rotatable bonds is 7. The number of nitrogen functional groups attached to an aromatic ring is 3. The molecule has 0 spiro atoms. The predicted octanol–water partition coefficient (Wildman–Crippen LogP) is 3.30. The fraction of sp³-hybridized carbons (Fsp3) is 0.238. The van der Waals surface area contributed by atoms with Crippen LogP contribution in [0.2, 0.25) is 0 Å². The zero-order valence-corrected chi connectivity index (χ0v) is 16.4. The van der Waals surface area contributed by atoms with E-state index in [9.17, 15) is 0 Å². The molecule has 3 aromatic rings. The Hall–Kier alpha value is -3.23. The minimum Gasteiger partial charge on any atom is -0.396 e. The Morgan fingerprint density at radius 3 is 2.17 bits per heavy atom. The van der Waals surface area contributed by atoms with E-state index in [2.05, 4.69) is 9.97 Å². The van der Waals surface area contributed by atoms with E-state index < -0.39 is 11.6 Å². The third-order valence-corrected chi connectivity index (χ3v) is 4.51. The maximum Gasteiger partial charge on any atom is 0.229 e. The first-order chi connectivity index (χ1) is 13.9. The quantitative estimate of drug-likeness (QED) is 0.413. The van der Waals surface area contributed by atoms with Crippen LogP contribution in [0.5, 0.6) is 0 Å². The van der Waals surface area contributed by atoms with Crippen molar-refractivity contribution in [3.8, 4) is 11.1 Å². The Bertz CT molecular complexity index is 992. The minimum atomic E-state index is -1.58. The first-order valence-electron chi connectivity index (χ1n) is 9.24. The van der Waals surface area contributed by atoms with Crippen LogP contribution >= 0.6 is 0 Å². The van der Waals surface area contributed by atoms with E-state index in [0.29, 0.717) is 16.7 Å². The molecule has 0 amide bonds. The molecule has 0 fully saturated rings. The Morgan fingerprint density at radius 2 is 1.59 bits per heavy atom. The summed E-state index contributed by atoms with van der Waals surface area (Å²) in [5.74, 6) is -2.09. The van der Waals surface area contributed by atoms with Crippen molar-refractivity contribution in [1.29, 1.82) is 0 Å². The van der Waals surface area contributed by atoms with Gasteiger partial charge in [0.2, 0.25) is 11.7 Å². The molecule has 1 aromatic heterocycles. The van der Waals surface area contributed by atoms with Crippen molar-refractivity contribution in [2.45, 2.75) is 19.6 Å². The van der Waals surface area contributed by atoms with Crippen LogP contribution in [0, 0.1) is 5.82 Å². The highest BCUT2D eigenvalue weighted by molar-refractivity contribution is 5.71. The molecule has 0 saturated heterocycles. The SMILES string of the molecule is CCOC(OCC)(c1cnc(N)nc1N)c1ccc(-c2ccccc2)c(F)c1N. The summed E-state index contributed by atoms with van der Waals surface area (Å²) in [6.45, 7) is 4.05. The summed E-state index contributed by atoms with van der Waals surface area (Å²) in [6.07, 6.45) is 1.41. The minimum absolute atomic E-state index is 0.00623. The van der Waals surface area contributed by atoms with Gasteiger partial charge >= 0.3 is 0 Å².